The number of aliphatic hydroxyl groups excluding tert-OH is 1. The van der Waals surface area contributed by atoms with Crippen molar-refractivity contribution in [1.82, 2.24) is 4.90 Å². The van der Waals surface area contributed by atoms with Crippen LogP contribution in [-0.2, 0) is 4.79 Å². The van der Waals surface area contributed by atoms with Gasteiger partial charge in [0.05, 0.1) is 17.2 Å². The van der Waals surface area contributed by atoms with Gasteiger partial charge in [-0.05, 0) is 30.9 Å². The van der Waals surface area contributed by atoms with E-state index in [9.17, 15) is 9.90 Å². The van der Waals surface area contributed by atoms with E-state index in [-0.39, 0.29) is 30.4 Å². The number of rotatable bonds is 3. The molecule has 2 aliphatic rings. The molecule has 22 heavy (non-hydrogen) atoms. The zero-order valence-corrected chi connectivity index (χ0v) is 13.9. The molecule has 3 atom stereocenters. The van der Waals surface area contributed by atoms with Crippen molar-refractivity contribution in [3.8, 4) is 5.75 Å². The minimum atomic E-state index is 0.0714. The summed E-state index contributed by atoms with van der Waals surface area (Å²) in [6.45, 7) is 0.708. The molecule has 2 saturated heterocycles. The van der Waals surface area contributed by atoms with Crippen molar-refractivity contribution in [2.45, 2.75) is 31.2 Å². The Bertz CT molecular complexity index is 593. The van der Waals surface area contributed by atoms with E-state index in [1.807, 2.05) is 11.0 Å². The number of fused-ring (bicyclic) bond motifs is 1. The number of aliphatic hydroxyl groups is 1. The molecular formula is C16H19Cl2NO3. The lowest BCUT2D eigenvalue weighted by Crippen LogP contribution is -2.43. The van der Waals surface area contributed by atoms with Crippen LogP contribution in [0.15, 0.2) is 12.1 Å². The summed E-state index contributed by atoms with van der Waals surface area (Å²) in [5, 5.41) is 10.4. The third kappa shape index (κ3) is 2.68. The maximum absolute atomic E-state index is 12.3. The molecule has 0 saturated carbocycles. The predicted octanol–water partition coefficient (Wildman–Crippen LogP) is 3.09. The van der Waals surface area contributed by atoms with Crippen LogP contribution in [-0.4, -0.2) is 42.2 Å². The van der Waals surface area contributed by atoms with Gasteiger partial charge in [0.2, 0.25) is 5.91 Å². The molecule has 1 aromatic carbocycles. The fraction of sp³-hybridized carbons (Fsp3) is 0.562. The van der Waals surface area contributed by atoms with Gasteiger partial charge in [-0.25, -0.2) is 0 Å². The largest absolute Gasteiger partial charge is 0.496 e. The molecule has 0 spiro atoms. The smallest absolute Gasteiger partial charge is 0.223 e. The number of carbonyl (C=O) groups is 1. The van der Waals surface area contributed by atoms with Gasteiger partial charge in [-0.1, -0.05) is 23.2 Å². The van der Waals surface area contributed by atoms with Gasteiger partial charge in [0.25, 0.3) is 0 Å². The summed E-state index contributed by atoms with van der Waals surface area (Å²) in [7, 11) is 1.61. The maximum Gasteiger partial charge on any atom is 0.223 e. The zero-order valence-electron chi connectivity index (χ0n) is 12.4. The summed E-state index contributed by atoms with van der Waals surface area (Å²) in [6, 6.07) is 3.71. The normalized spacial score (nSPS) is 27.9. The Morgan fingerprint density at radius 3 is 2.82 bits per heavy atom. The predicted molar refractivity (Wildman–Crippen MR) is 85.7 cm³/mol. The molecule has 1 N–H and O–H groups in total. The summed E-state index contributed by atoms with van der Waals surface area (Å²) in [5.74, 6) is 1.03. The van der Waals surface area contributed by atoms with Crippen LogP contribution >= 0.6 is 23.2 Å². The molecule has 0 radical (unpaired) electrons. The van der Waals surface area contributed by atoms with Gasteiger partial charge in [-0.2, -0.15) is 0 Å². The van der Waals surface area contributed by atoms with Gasteiger partial charge in [-0.3, -0.25) is 4.79 Å². The first-order chi connectivity index (χ1) is 10.5. The summed E-state index contributed by atoms with van der Waals surface area (Å²) in [4.78, 5) is 14.2. The number of ether oxygens (including phenoxy) is 1. The van der Waals surface area contributed by atoms with Crippen LogP contribution in [0.2, 0.25) is 10.0 Å². The van der Waals surface area contributed by atoms with Crippen LogP contribution in [0.1, 0.15) is 30.7 Å². The van der Waals surface area contributed by atoms with Gasteiger partial charge in [-0.15, -0.1) is 0 Å². The van der Waals surface area contributed by atoms with E-state index in [4.69, 9.17) is 27.9 Å². The van der Waals surface area contributed by atoms with Crippen molar-refractivity contribution < 1.29 is 14.6 Å². The molecule has 4 nitrogen and oxygen atoms in total. The SMILES string of the molecule is COc1ccc(Cl)c(Cl)c1[C@H]1C[C@H]2CC(CO)CC(=O)N2C1. The fourth-order valence-electron chi connectivity index (χ4n) is 3.73. The monoisotopic (exact) mass is 343 g/mol. The number of hydrogen-bond acceptors (Lipinski definition) is 3. The van der Waals surface area contributed by atoms with Crippen molar-refractivity contribution in [2.24, 2.45) is 5.92 Å². The molecule has 1 unspecified atom stereocenters. The van der Waals surface area contributed by atoms with Gasteiger partial charge in [0.15, 0.2) is 0 Å². The van der Waals surface area contributed by atoms with Crippen LogP contribution in [0.4, 0.5) is 0 Å². The molecule has 2 fully saturated rings. The van der Waals surface area contributed by atoms with E-state index >= 15 is 0 Å². The fourth-order valence-corrected chi connectivity index (χ4v) is 4.21. The number of methoxy groups -OCH3 is 1. The molecule has 120 valence electrons. The number of piperidine rings is 1. The van der Waals surface area contributed by atoms with Crippen molar-refractivity contribution in [3.05, 3.63) is 27.7 Å². The quantitative estimate of drug-likeness (QED) is 0.917. The maximum atomic E-state index is 12.3. The van der Waals surface area contributed by atoms with Crippen molar-refractivity contribution >= 4 is 29.1 Å². The number of nitrogens with zero attached hydrogens (tertiary/aromatic N) is 1. The molecule has 1 aromatic rings. The first kappa shape index (κ1) is 15.9. The van der Waals surface area contributed by atoms with E-state index in [0.717, 1.165) is 18.4 Å². The first-order valence-electron chi connectivity index (χ1n) is 7.47. The Kier molecular flexibility index (Phi) is 4.53. The summed E-state index contributed by atoms with van der Waals surface area (Å²) in [5.41, 5.74) is 0.888. The Hall–Kier alpha value is -0.970. The lowest BCUT2D eigenvalue weighted by atomic mass is 9.89. The third-order valence-corrected chi connectivity index (χ3v) is 5.60. The van der Waals surface area contributed by atoms with Crippen molar-refractivity contribution in [3.63, 3.8) is 0 Å². The zero-order chi connectivity index (χ0) is 15.9. The van der Waals surface area contributed by atoms with Crippen molar-refractivity contribution in [1.29, 1.82) is 0 Å². The highest BCUT2D eigenvalue weighted by molar-refractivity contribution is 6.42. The molecule has 0 aromatic heterocycles. The second-order valence-electron chi connectivity index (χ2n) is 6.10. The Balaban J connectivity index is 1.90. The van der Waals surface area contributed by atoms with Gasteiger partial charge < -0.3 is 14.7 Å². The van der Waals surface area contributed by atoms with Gasteiger partial charge >= 0.3 is 0 Å². The minimum Gasteiger partial charge on any atom is -0.496 e. The molecule has 1 amide bonds. The topological polar surface area (TPSA) is 49.8 Å². The summed E-state index contributed by atoms with van der Waals surface area (Å²) in [6.07, 6.45) is 2.11. The Morgan fingerprint density at radius 2 is 2.14 bits per heavy atom. The van der Waals surface area contributed by atoms with Crippen molar-refractivity contribution in [2.75, 3.05) is 20.3 Å². The molecule has 0 bridgehead atoms. The summed E-state index contributed by atoms with van der Waals surface area (Å²) < 4.78 is 5.43. The highest BCUT2D eigenvalue weighted by Gasteiger charge is 2.42. The van der Waals surface area contributed by atoms with E-state index in [1.54, 1.807) is 13.2 Å². The van der Waals surface area contributed by atoms with E-state index < -0.39 is 0 Å². The molecule has 6 heteroatoms. The van der Waals surface area contributed by atoms with E-state index in [1.165, 1.54) is 0 Å². The molecule has 2 heterocycles. The lowest BCUT2D eigenvalue weighted by molar-refractivity contribution is -0.137. The Labute approximate surface area is 140 Å². The molecule has 3 rings (SSSR count). The highest BCUT2D eigenvalue weighted by Crippen LogP contribution is 2.45. The number of carbonyl (C=O) groups excluding carboxylic acids is 1. The summed E-state index contributed by atoms with van der Waals surface area (Å²) >= 11 is 12.5. The minimum absolute atomic E-state index is 0.0714. The van der Waals surface area contributed by atoms with Crippen LogP contribution in [0.25, 0.3) is 0 Å². The van der Waals surface area contributed by atoms with E-state index in [2.05, 4.69) is 0 Å². The number of halogens is 2. The average molecular weight is 344 g/mol. The average Bonchev–Trinajstić information content (AvgIpc) is 2.93. The molecule has 2 aliphatic heterocycles. The molecular weight excluding hydrogens is 325 g/mol. The van der Waals surface area contributed by atoms with Crippen LogP contribution in [0, 0.1) is 5.92 Å². The van der Waals surface area contributed by atoms with Crippen LogP contribution < -0.4 is 4.74 Å². The van der Waals surface area contributed by atoms with E-state index in [0.29, 0.717) is 28.8 Å². The van der Waals surface area contributed by atoms with Crippen LogP contribution in [0.5, 0.6) is 5.75 Å². The Morgan fingerprint density at radius 1 is 1.36 bits per heavy atom. The first-order valence-corrected chi connectivity index (χ1v) is 8.23. The third-order valence-electron chi connectivity index (χ3n) is 4.78. The molecule has 0 aliphatic carbocycles. The number of hydrogen-bond donors (Lipinski definition) is 1. The van der Waals surface area contributed by atoms with Gasteiger partial charge in [0.1, 0.15) is 5.75 Å². The highest BCUT2D eigenvalue weighted by atomic mass is 35.5. The van der Waals surface area contributed by atoms with Crippen LogP contribution in [0.3, 0.4) is 0 Å². The number of benzene rings is 1. The lowest BCUT2D eigenvalue weighted by Gasteiger charge is -2.33. The number of amides is 1. The second kappa shape index (κ2) is 6.26. The van der Waals surface area contributed by atoms with Gasteiger partial charge in [0, 0.05) is 37.1 Å². The standard InChI is InChI=1S/C16H19Cl2NO3/c1-22-13-3-2-12(17)16(18)15(13)10-6-11-4-9(8-20)5-14(21)19(11)7-10/h2-3,9-11,20H,4-8H2,1H3/t9?,10-,11+/m0/s1. The second-order valence-corrected chi connectivity index (χ2v) is 6.88.